The lowest BCUT2D eigenvalue weighted by Crippen LogP contribution is -2.57. The second kappa shape index (κ2) is 8.37. The Morgan fingerprint density at radius 1 is 1.13 bits per heavy atom. The van der Waals surface area contributed by atoms with E-state index in [1.807, 2.05) is 0 Å². The smallest absolute Gasteiger partial charge is 0.0757 e. The van der Waals surface area contributed by atoms with E-state index in [4.69, 9.17) is 0 Å². The van der Waals surface area contributed by atoms with Gasteiger partial charge < -0.3 is 15.3 Å². The van der Waals surface area contributed by atoms with Crippen LogP contribution in [-0.4, -0.2) is 34.1 Å². The highest BCUT2D eigenvalue weighted by Crippen LogP contribution is 2.67. The first-order valence-electron chi connectivity index (χ1n) is 12.5. The molecule has 9 atom stereocenters. The number of aliphatic hydroxyl groups is 3. The zero-order chi connectivity index (χ0) is 21.7. The average molecular weight is 417 g/mol. The van der Waals surface area contributed by atoms with E-state index in [0.29, 0.717) is 23.7 Å². The molecule has 0 amide bonds. The maximum atomic E-state index is 11.3. The van der Waals surface area contributed by atoms with Crippen LogP contribution in [0.1, 0.15) is 85.5 Å². The molecule has 3 saturated carbocycles. The molecule has 3 heteroatoms. The van der Waals surface area contributed by atoms with Crippen molar-refractivity contribution in [1.82, 2.24) is 0 Å². The highest BCUT2D eigenvalue weighted by atomic mass is 16.3. The zero-order valence-corrected chi connectivity index (χ0v) is 19.6. The van der Waals surface area contributed by atoms with Crippen LogP contribution in [0.4, 0.5) is 0 Å². The third-order valence-corrected chi connectivity index (χ3v) is 10.0. The van der Waals surface area contributed by atoms with Crippen LogP contribution in [0, 0.1) is 40.4 Å². The van der Waals surface area contributed by atoms with E-state index in [9.17, 15) is 15.3 Å². The Bertz CT molecular complexity index is 692. The van der Waals surface area contributed by atoms with Crippen LogP contribution >= 0.6 is 0 Å². The molecule has 30 heavy (non-hydrogen) atoms. The molecule has 0 aliphatic heterocycles. The number of fused-ring (bicyclic) bond motifs is 5. The summed E-state index contributed by atoms with van der Waals surface area (Å²) in [5, 5.41) is 32.1. The second-order valence-electron chi connectivity index (χ2n) is 11.7. The molecule has 3 N–H and O–H groups in total. The summed E-state index contributed by atoms with van der Waals surface area (Å²) < 4.78 is 0. The molecular formula is C27H44O3. The summed E-state index contributed by atoms with van der Waals surface area (Å²) in [5.74, 6) is 2.64. The molecular weight excluding hydrogens is 372 g/mol. The Hall–Kier alpha value is -0.640. The van der Waals surface area contributed by atoms with Gasteiger partial charge in [0.25, 0.3) is 0 Å². The number of rotatable bonds is 5. The summed E-state index contributed by atoms with van der Waals surface area (Å²) in [7, 11) is 0. The normalized spacial score (nSPS) is 46.3. The average Bonchev–Trinajstić information content (AvgIpc) is 3.04. The Balaban J connectivity index is 1.58. The fourth-order valence-corrected chi connectivity index (χ4v) is 8.54. The molecule has 3 nitrogen and oxygen atoms in total. The minimum Gasteiger partial charge on any atom is -0.395 e. The van der Waals surface area contributed by atoms with Gasteiger partial charge in [-0.25, -0.2) is 0 Å². The van der Waals surface area contributed by atoms with Gasteiger partial charge in [-0.1, -0.05) is 37.1 Å². The van der Waals surface area contributed by atoms with Crippen LogP contribution in [0.25, 0.3) is 0 Å². The monoisotopic (exact) mass is 416 g/mol. The van der Waals surface area contributed by atoms with Crippen molar-refractivity contribution >= 4 is 0 Å². The molecule has 0 aromatic heterocycles. The first-order chi connectivity index (χ1) is 14.2. The molecule has 0 aromatic rings. The third kappa shape index (κ3) is 3.53. The fourth-order valence-electron chi connectivity index (χ4n) is 8.54. The summed E-state index contributed by atoms with van der Waals surface area (Å²) in [5.41, 5.74) is 2.67. The topological polar surface area (TPSA) is 60.7 Å². The second-order valence-corrected chi connectivity index (χ2v) is 11.7. The van der Waals surface area contributed by atoms with Crippen molar-refractivity contribution in [2.45, 2.75) is 97.7 Å². The van der Waals surface area contributed by atoms with E-state index in [1.165, 1.54) is 37.7 Å². The lowest BCUT2D eigenvalue weighted by Gasteiger charge is -2.60. The summed E-state index contributed by atoms with van der Waals surface area (Å²) in [6.45, 7) is 9.52. The van der Waals surface area contributed by atoms with Crippen molar-refractivity contribution < 1.29 is 15.3 Å². The SMILES string of the molecule is CC(C)=CCC[C@@H](C)[C@H]1CC[C@H]2[C@@H]3[C@@H](O)C=C4C[C@@H](O)CC[C@]4(CO)[C@H]3CC[C@]12C. The number of allylic oxidation sites excluding steroid dienone is 2. The first kappa shape index (κ1) is 22.6. The van der Waals surface area contributed by atoms with E-state index >= 15 is 0 Å². The fraction of sp³-hybridized carbons (Fsp3) is 0.852. The molecule has 0 spiro atoms. The highest BCUT2D eigenvalue weighted by molar-refractivity contribution is 5.29. The van der Waals surface area contributed by atoms with E-state index in [2.05, 4.69) is 39.8 Å². The van der Waals surface area contributed by atoms with Crippen molar-refractivity contribution in [3.8, 4) is 0 Å². The van der Waals surface area contributed by atoms with Gasteiger partial charge in [-0.3, -0.25) is 0 Å². The molecule has 0 radical (unpaired) electrons. The lowest BCUT2D eigenvalue weighted by molar-refractivity contribution is -0.114. The van der Waals surface area contributed by atoms with E-state index in [0.717, 1.165) is 36.7 Å². The molecule has 0 saturated heterocycles. The van der Waals surface area contributed by atoms with Gasteiger partial charge in [-0.2, -0.15) is 0 Å². The van der Waals surface area contributed by atoms with E-state index in [1.54, 1.807) is 0 Å². The number of hydrogen-bond acceptors (Lipinski definition) is 3. The van der Waals surface area contributed by atoms with Gasteiger partial charge in [0.2, 0.25) is 0 Å². The van der Waals surface area contributed by atoms with Crippen LogP contribution in [0.5, 0.6) is 0 Å². The van der Waals surface area contributed by atoms with Crippen molar-refractivity contribution in [2.24, 2.45) is 40.4 Å². The van der Waals surface area contributed by atoms with E-state index < -0.39 is 6.10 Å². The van der Waals surface area contributed by atoms with E-state index in [-0.39, 0.29) is 24.0 Å². The van der Waals surface area contributed by atoms with Crippen molar-refractivity contribution in [2.75, 3.05) is 6.61 Å². The summed E-state index contributed by atoms with van der Waals surface area (Å²) >= 11 is 0. The number of aliphatic hydroxyl groups excluding tert-OH is 3. The van der Waals surface area contributed by atoms with Gasteiger partial charge in [0, 0.05) is 5.41 Å². The largest absolute Gasteiger partial charge is 0.395 e. The highest BCUT2D eigenvalue weighted by Gasteiger charge is 2.62. The maximum Gasteiger partial charge on any atom is 0.0757 e. The van der Waals surface area contributed by atoms with Gasteiger partial charge in [-0.15, -0.1) is 0 Å². The molecule has 0 heterocycles. The van der Waals surface area contributed by atoms with Gasteiger partial charge in [0.15, 0.2) is 0 Å². The molecule has 3 fully saturated rings. The van der Waals surface area contributed by atoms with Gasteiger partial charge in [-0.05, 0) is 107 Å². The van der Waals surface area contributed by atoms with Crippen molar-refractivity contribution in [3.63, 3.8) is 0 Å². The maximum absolute atomic E-state index is 11.3. The van der Waals surface area contributed by atoms with Crippen molar-refractivity contribution in [1.29, 1.82) is 0 Å². The third-order valence-electron chi connectivity index (χ3n) is 10.0. The van der Waals surface area contributed by atoms with Crippen LogP contribution in [0.3, 0.4) is 0 Å². The van der Waals surface area contributed by atoms with Gasteiger partial charge >= 0.3 is 0 Å². The Kier molecular flexibility index (Phi) is 6.29. The quantitative estimate of drug-likeness (QED) is 0.536. The first-order valence-corrected chi connectivity index (χ1v) is 12.5. The Labute approximate surface area is 183 Å². The Morgan fingerprint density at radius 3 is 2.60 bits per heavy atom. The molecule has 0 bridgehead atoms. The van der Waals surface area contributed by atoms with Crippen LogP contribution in [0.15, 0.2) is 23.3 Å². The minimum absolute atomic E-state index is 0.172. The molecule has 0 unspecified atom stereocenters. The molecule has 4 aliphatic carbocycles. The summed E-state index contributed by atoms with van der Waals surface area (Å²) in [6.07, 6.45) is 13.3. The molecule has 0 aromatic carbocycles. The lowest BCUT2D eigenvalue weighted by atomic mass is 9.46. The van der Waals surface area contributed by atoms with Crippen LogP contribution in [-0.2, 0) is 0 Å². The predicted octanol–water partition coefficient (Wildman–Crippen LogP) is 5.25. The molecule has 4 rings (SSSR count). The van der Waals surface area contributed by atoms with Gasteiger partial charge in [0.05, 0.1) is 18.8 Å². The van der Waals surface area contributed by atoms with Gasteiger partial charge in [0.1, 0.15) is 0 Å². The number of hydrogen-bond donors (Lipinski definition) is 3. The standard InChI is InChI=1S/C27H44O3/c1-17(2)6-5-7-18(3)21-8-9-22-25-23(11-12-26(21,22)4)27(16-28)13-10-20(29)14-19(27)15-24(25)30/h6,15,18,20-25,28-30H,5,7-14,16H2,1-4H3/t18-,20+,21-,22+,23+,24+,25+,26-,27-/m1/s1. The zero-order valence-electron chi connectivity index (χ0n) is 19.6. The molecule has 170 valence electrons. The minimum atomic E-state index is -0.417. The predicted molar refractivity (Wildman–Crippen MR) is 122 cm³/mol. The Morgan fingerprint density at radius 2 is 1.90 bits per heavy atom. The van der Waals surface area contributed by atoms with Crippen molar-refractivity contribution in [3.05, 3.63) is 23.3 Å². The van der Waals surface area contributed by atoms with Crippen LogP contribution < -0.4 is 0 Å². The summed E-state index contributed by atoms with van der Waals surface area (Å²) in [4.78, 5) is 0. The summed E-state index contributed by atoms with van der Waals surface area (Å²) in [6, 6.07) is 0. The molecule has 4 aliphatic rings. The van der Waals surface area contributed by atoms with Crippen LogP contribution in [0.2, 0.25) is 0 Å².